The van der Waals surface area contributed by atoms with Crippen LogP contribution in [-0.4, -0.2) is 11.3 Å². The van der Waals surface area contributed by atoms with Crippen LogP contribution < -0.4 is 10.1 Å². The number of benzene rings is 2. The minimum Gasteiger partial charge on any atom is -0.449 e. The summed E-state index contributed by atoms with van der Waals surface area (Å²) < 4.78 is 4.90. The summed E-state index contributed by atoms with van der Waals surface area (Å²) >= 11 is 13.3. The van der Waals surface area contributed by atoms with Crippen molar-refractivity contribution in [2.75, 3.05) is 5.32 Å². The fraction of sp³-hybridized carbons (Fsp3) is 0.0556. The van der Waals surface area contributed by atoms with E-state index in [-0.39, 0.29) is 5.06 Å². The molecule has 0 unspecified atom stereocenters. The van der Waals surface area contributed by atoms with E-state index in [0.29, 0.717) is 22.3 Å². The fourth-order valence-corrected chi connectivity index (χ4v) is 3.71. The first-order chi connectivity index (χ1) is 12.0. The van der Waals surface area contributed by atoms with Crippen molar-refractivity contribution in [3.63, 3.8) is 0 Å². The van der Waals surface area contributed by atoms with Gasteiger partial charge in [-0.1, -0.05) is 70.9 Å². The number of anilines is 1. The summed E-state index contributed by atoms with van der Waals surface area (Å²) in [5.41, 5.74) is 2.43. The predicted octanol–water partition coefficient (Wildman–Crippen LogP) is 6.39. The van der Waals surface area contributed by atoms with E-state index in [4.69, 9.17) is 33.0 Å². The normalized spacial score (nSPS) is 10.5. The first kappa shape index (κ1) is 17.6. The largest absolute Gasteiger partial charge is 0.512 e. The number of rotatable bonds is 5. The highest BCUT2D eigenvalue weighted by atomic mass is 35.5. The monoisotopic (exact) mass is 393 g/mol. The molecule has 0 aliphatic heterocycles. The van der Waals surface area contributed by atoms with Crippen molar-refractivity contribution in [2.45, 2.75) is 6.54 Å². The average Bonchev–Trinajstić information content (AvgIpc) is 2.97. The van der Waals surface area contributed by atoms with Crippen LogP contribution in [0.2, 0.25) is 10.0 Å². The summed E-state index contributed by atoms with van der Waals surface area (Å²) in [5.74, 6) is 0. The number of nitrogens with one attached hydrogen (secondary N) is 1. The molecule has 4 nitrogen and oxygen atoms in total. The van der Waals surface area contributed by atoms with Crippen molar-refractivity contribution in [3.05, 3.63) is 70.2 Å². The van der Waals surface area contributed by atoms with Gasteiger partial charge in [0.25, 0.3) is 0 Å². The number of halogens is 2. The van der Waals surface area contributed by atoms with Gasteiger partial charge in [-0.3, -0.25) is 0 Å². The topological polar surface area (TPSA) is 58.6 Å². The molecule has 0 aliphatic carbocycles. The van der Waals surface area contributed by atoms with E-state index < -0.39 is 6.16 Å². The molecule has 2 aromatic carbocycles. The maximum Gasteiger partial charge on any atom is 0.512 e. The molecule has 0 atom stereocenters. The smallest absolute Gasteiger partial charge is 0.449 e. The van der Waals surface area contributed by atoms with E-state index in [2.05, 4.69) is 5.32 Å². The molecule has 3 aromatic rings. The summed E-state index contributed by atoms with van der Waals surface area (Å²) in [5, 5.41) is 13.5. The fourth-order valence-electron chi connectivity index (χ4n) is 2.25. The van der Waals surface area contributed by atoms with Crippen LogP contribution in [-0.2, 0) is 6.54 Å². The van der Waals surface area contributed by atoms with Gasteiger partial charge in [0, 0.05) is 21.5 Å². The number of thiophene rings is 1. The van der Waals surface area contributed by atoms with E-state index in [1.54, 1.807) is 12.1 Å². The Morgan fingerprint density at radius 3 is 2.56 bits per heavy atom. The van der Waals surface area contributed by atoms with Crippen molar-refractivity contribution in [3.8, 4) is 15.5 Å². The van der Waals surface area contributed by atoms with Gasteiger partial charge in [-0.15, -0.1) is 0 Å². The van der Waals surface area contributed by atoms with Gasteiger partial charge < -0.3 is 15.2 Å². The van der Waals surface area contributed by atoms with Gasteiger partial charge in [0.15, 0.2) is 0 Å². The molecule has 0 bridgehead atoms. The van der Waals surface area contributed by atoms with E-state index in [0.717, 1.165) is 16.0 Å². The summed E-state index contributed by atoms with van der Waals surface area (Å²) in [6, 6.07) is 16.8. The molecular formula is C18H13Cl2NO3S. The minimum atomic E-state index is -1.35. The third kappa shape index (κ3) is 4.45. The standard InChI is InChI=1S/C18H13Cl2NO3S/c19-13-7-6-12(14(20)8-13)10-21-15-9-16(11-4-2-1-3-5-11)25-17(15)24-18(22)23/h1-9,21H,10H2,(H,22,23). The Labute approximate surface area is 158 Å². The zero-order valence-corrected chi connectivity index (χ0v) is 15.2. The van der Waals surface area contributed by atoms with Crippen LogP contribution in [0.5, 0.6) is 5.06 Å². The molecule has 1 heterocycles. The highest BCUT2D eigenvalue weighted by Gasteiger charge is 2.15. The zero-order valence-electron chi connectivity index (χ0n) is 12.8. The van der Waals surface area contributed by atoms with Crippen molar-refractivity contribution in [1.82, 2.24) is 0 Å². The summed E-state index contributed by atoms with van der Waals surface area (Å²) in [6.45, 7) is 0.414. The number of carboxylic acid groups (broad SMARTS) is 1. The van der Waals surface area contributed by atoms with Gasteiger partial charge in [-0.2, -0.15) is 0 Å². The Balaban J connectivity index is 1.86. The highest BCUT2D eigenvalue weighted by molar-refractivity contribution is 7.18. The quantitative estimate of drug-likeness (QED) is 0.492. The van der Waals surface area contributed by atoms with Crippen LogP contribution >= 0.6 is 34.5 Å². The van der Waals surface area contributed by atoms with Crippen LogP contribution in [0.1, 0.15) is 5.56 Å². The number of ether oxygens (including phenoxy) is 1. The maximum atomic E-state index is 11.0. The lowest BCUT2D eigenvalue weighted by molar-refractivity contribution is 0.146. The predicted molar refractivity (Wildman–Crippen MR) is 102 cm³/mol. The second-order valence-electron chi connectivity index (χ2n) is 5.14. The van der Waals surface area contributed by atoms with Crippen LogP contribution in [0.15, 0.2) is 54.6 Å². The van der Waals surface area contributed by atoms with Crippen LogP contribution in [0.4, 0.5) is 10.5 Å². The Bertz CT molecular complexity index is 897. The molecule has 0 radical (unpaired) electrons. The van der Waals surface area contributed by atoms with Crippen molar-refractivity contribution < 1.29 is 14.6 Å². The number of hydrogen-bond acceptors (Lipinski definition) is 4. The van der Waals surface area contributed by atoms with Crippen LogP contribution in [0.3, 0.4) is 0 Å². The van der Waals surface area contributed by atoms with Gasteiger partial charge in [-0.25, -0.2) is 4.79 Å². The first-order valence-corrected chi connectivity index (χ1v) is 8.88. The lowest BCUT2D eigenvalue weighted by Crippen LogP contribution is -2.05. The molecule has 0 saturated carbocycles. The molecule has 3 rings (SSSR count). The third-order valence-corrected chi connectivity index (χ3v) is 5.07. The molecule has 0 aliphatic rings. The first-order valence-electron chi connectivity index (χ1n) is 7.31. The van der Waals surface area contributed by atoms with Gasteiger partial charge >= 0.3 is 6.16 Å². The second kappa shape index (κ2) is 7.78. The van der Waals surface area contributed by atoms with E-state index in [9.17, 15) is 4.79 Å². The molecule has 0 amide bonds. The molecule has 2 N–H and O–H groups in total. The van der Waals surface area contributed by atoms with Crippen LogP contribution in [0, 0.1) is 0 Å². The molecular weight excluding hydrogens is 381 g/mol. The zero-order chi connectivity index (χ0) is 17.8. The van der Waals surface area contributed by atoms with E-state index >= 15 is 0 Å². The Morgan fingerprint density at radius 2 is 1.88 bits per heavy atom. The average molecular weight is 394 g/mol. The Hall–Kier alpha value is -2.21. The van der Waals surface area contributed by atoms with E-state index in [1.165, 1.54) is 11.3 Å². The molecule has 0 saturated heterocycles. The second-order valence-corrected chi connectivity index (χ2v) is 6.99. The molecule has 0 fully saturated rings. The Morgan fingerprint density at radius 1 is 1.12 bits per heavy atom. The summed E-state index contributed by atoms with van der Waals surface area (Å²) in [4.78, 5) is 11.9. The SMILES string of the molecule is O=C(O)Oc1sc(-c2ccccc2)cc1NCc1ccc(Cl)cc1Cl. The van der Waals surface area contributed by atoms with Crippen molar-refractivity contribution in [1.29, 1.82) is 0 Å². The molecule has 0 spiro atoms. The molecule has 7 heteroatoms. The lowest BCUT2D eigenvalue weighted by Gasteiger charge is -2.08. The third-order valence-electron chi connectivity index (χ3n) is 3.42. The summed E-state index contributed by atoms with van der Waals surface area (Å²) in [7, 11) is 0. The number of carbonyl (C=O) groups is 1. The minimum absolute atomic E-state index is 0.288. The van der Waals surface area contributed by atoms with Gasteiger partial charge in [0.05, 0.1) is 5.69 Å². The van der Waals surface area contributed by atoms with Crippen molar-refractivity contribution >= 4 is 46.4 Å². The molecule has 1 aromatic heterocycles. The molecule has 25 heavy (non-hydrogen) atoms. The lowest BCUT2D eigenvalue weighted by atomic mass is 10.2. The van der Waals surface area contributed by atoms with Crippen LogP contribution in [0.25, 0.3) is 10.4 Å². The van der Waals surface area contributed by atoms with Gasteiger partial charge in [-0.05, 0) is 29.3 Å². The van der Waals surface area contributed by atoms with Gasteiger partial charge in [0.2, 0.25) is 5.06 Å². The van der Waals surface area contributed by atoms with Crippen molar-refractivity contribution in [2.24, 2.45) is 0 Å². The summed E-state index contributed by atoms with van der Waals surface area (Å²) in [6.07, 6.45) is -1.35. The highest BCUT2D eigenvalue weighted by Crippen LogP contribution is 2.41. The molecule has 128 valence electrons. The maximum absolute atomic E-state index is 11.0. The van der Waals surface area contributed by atoms with Gasteiger partial charge in [0.1, 0.15) is 0 Å². The number of hydrogen-bond donors (Lipinski definition) is 2. The Kier molecular flexibility index (Phi) is 5.48. The van der Waals surface area contributed by atoms with E-state index in [1.807, 2.05) is 42.5 Å².